The van der Waals surface area contributed by atoms with Crippen LogP contribution < -0.4 is 4.74 Å². The van der Waals surface area contributed by atoms with E-state index >= 15 is 0 Å². The molecule has 3 rings (SSSR count). The van der Waals surface area contributed by atoms with E-state index in [1.807, 2.05) is 6.92 Å². The van der Waals surface area contributed by atoms with Gasteiger partial charge in [-0.3, -0.25) is 9.69 Å². The van der Waals surface area contributed by atoms with Crippen LogP contribution in [0.1, 0.15) is 30.1 Å². The summed E-state index contributed by atoms with van der Waals surface area (Å²) < 4.78 is 67.3. The molecule has 0 unspecified atom stereocenters. The average Bonchev–Trinajstić information content (AvgIpc) is 3.13. The van der Waals surface area contributed by atoms with E-state index in [0.717, 1.165) is 12.5 Å². The first-order valence-electron chi connectivity index (χ1n) is 9.79. The molecular weight excluding hydrogens is 423 g/mol. The number of halogens is 3. The SMILES string of the molecule is CC[C@@]1(N2CCN(C(=O)c3ccccc3OC(F)(F)F)CC2)CCN(S(C)(=O)=O)C1. The molecule has 1 aromatic rings. The van der Waals surface area contributed by atoms with Crippen molar-refractivity contribution < 1.29 is 31.1 Å². The standard InChI is InChI=1S/C19H26F3N3O4S/c1-3-18(8-9-25(14-18)30(2,27)28)24-12-10-23(11-13-24)17(26)15-6-4-5-7-16(15)29-19(20,21)22/h4-7H,3,8-14H2,1-2H3/t18-/m1/s1. The minimum Gasteiger partial charge on any atom is -0.405 e. The summed E-state index contributed by atoms with van der Waals surface area (Å²) in [5.74, 6) is -1.02. The highest BCUT2D eigenvalue weighted by Crippen LogP contribution is 2.34. The number of amides is 1. The van der Waals surface area contributed by atoms with E-state index in [0.29, 0.717) is 45.7 Å². The van der Waals surface area contributed by atoms with Gasteiger partial charge in [0.2, 0.25) is 10.0 Å². The Balaban J connectivity index is 1.68. The van der Waals surface area contributed by atoms with E-state index in [2.05, 4.69) is 9.64 Å². The van der Waals surface area contributed by atoms with E-state index < -0.39 is 28.0 Å². The van der Waals surface area contributed by atoms with E-state index in [1.165, 1.54) is 33.7 Å². The minimum atomic E-state index is -4.88. The first-order valence-corrected chi connectivity index (χ1v) is 11.6. The summed E-state index contributed by atoms with van der Waals surface area (Å²) in [4.78, 5) is 16.6. The van der Waals surface area contributed by atoms with Crippen molar-refractivity contribution in [1.29, 1.82) is 0 Å². The molecule has 30 heavy (non-hydrogen) atoms. The number of nitrogens with zero attached hydrogens (tertiary/aromatic N) is 3. The van der Waals surface area contributed by atoms with Crippen LogP contribution in [-0.4, -0.2) is 85.9 Å². The van der Waals surface area contributed by atoms with E-state index in [9.17, 15) is 26.4 Å². The number of ether oxygens (including phenoxy) is 1. The number of carbonyl (C=O) groups excluding carboxylic acids is 1. The highest BCUT2D eigenvalue weighted by Gasteiger charge is 2.45. The summed E-state index contributed by atoms with van der Waals surface area (Å²) in [6.07, 6.45) is -2.19. The first-order chi connectivity index (χ1) is 14.0. The lowest BCUT2D eigenvalue weighted by atomic mass is 9.92. The molecule has 7 nitrogen and oxygen atoms in total. The van der Waals surface area contributed by atoms with Gasteiger partial charge in [-0.05, 0) is 25.0 Å². The summed E-state index contributed by atoms with van der Waals surface area (Å²) in [5, 5.41) is 0. The maximum Gasteiger partial charge on any atom is 0.573 e. The molecule has 2 aliphatic rings. The van der Waals surface area contributed by atoms with Gasteiger partial charge in [-0.15, -0.1) is 13.2 Å². The molecule has 2 fully saturated rings. The van der Waals surface area contributed by atoms with Gasteiger partial charge in [0.25, 0.3) is 5.91 Å². The Morgan fingerprint density at radius 3 is 2.30 bits per heavy atom. The lowest BCUT2D eigenvalue weighted by Crippen LogP contribution is -2.59. The lowest BCUT2D eigenvalue weighted by Gasteiger charge is -2.45. The van der Waals surface area contributed by atoms with Crippen molar-refractivity contribution in [2.75, 3.05) is 45.5 Å². The number of hydrogen-bond donors (Lipinski definition) is 0. The van der Waals surface area contributed by atoms with Crippen LogP contribution in [-0.2, 0) is 10.0 Å². The van der Waals surface area contributed by atoms with Crippen molar-refractivity contribution in [2.24, 2.45) is 0 Å². The van der Waals surface area contributed by atoms with Gasteiger partial charge in [0.1, 0.15) is 5.75 Å². The first kappa shape index (κ1) is 22.8. The van der Waals surface area contributed by atoms with Crippen LogP contribution in [0.5, 0.6) is 5.75 Å². The number of para-hydroxylation sites is 1. The predicted molar refractivity (Wildman–Crippen MR) is 105 cm³/mol. The molecule has 11 heteroatoms. The maximum absolute atomic E-state index is 12.8. The second kappa shape index (κ2) is 8.35. The van der Waals surface area contributed by atoms with Crippen LogP contribution in [0.4, 0.5) is 13.2 Å². The third kappa shape index (κ3) is 4.89. The van der Waals surface area contributed by atoms with Crippen molar-refractivity contribution >= 4 is 15.9 Å². The van der Waals surface area contributed by atoms with Gasteiger partial charge in [0.15, 0.2) is 0 Å². The molecule has 1 amide bonds. The number of piperazine rings is 1. The number of alkyl halides is 3. The van der Waals surface area contributed by atoms with E-state index in [1.54, 1.807) is 0 Å². The molecule has 0 saturated carbocycles. The fraction of sp³-hybridized carbons (Fsp3) is 0.632. The molecule has 1 atom stereocenters. The molecule has 2 heterocycles. The molecule has 168 valence electrons. The normalized spacial score (nSPS) is 24.2. The Labute approximate surface area is 174 Å². The van der Waals surface area contributed by atoms with Crippen LogP contribution >= 0.6 is 0 Å². The second-order valence-corrected chi connectivity index (χ2v) is 9.73. The lowest BCUT2D eigenvalue weighted by molar-refractivity contribution is -0.274. The zero-order chi connectivity index (χ0) is 22.2. The Morgan fingerprint density at radius 2 is 1.77 bits per heavy atom. The molecule has 0 N–H and O–H groups in total. The molecule has 2 aliphatic heterocycles. The van der Waals surface area contributed by atoms with Gasteiger partial charge in [0, 0.05) is 44.8 Å². The molecule has 0 spiro atoms. The van der Waals surface area contributed by atoms with Crippen molar-refractivity contribution in [3.63, 3.8) is 0 Å². The molecule has 0 aliphatic carbocycles. The summed E-state index contributed by atoms with van der Waals surface area (Å²) >= 11 is 0. The van der Waals surface area contributed by atoms with Gasteiger partial charge >= 0.3 is 6.36 Å². The highest BCUT2D eigenvalue weighted by atomic mass is 32.2. The van der Waals surface area contributed by atoms with Gasteiger partial charge in [0.05, 0.1) is 11.8 Å². The van der Waals surface area contributed by atoms with Crippen molar-refractivity contribution in [3.8, 4) is 5.75 Å². The van der Waals surface area contributed by atoms with E-state index in [-0.39, 0.29) is 11.1 Å². The fourth-order valence-corrected chi connectivity index (χ4v) is 5.18. The summed E-state index contributed by atoms with van der Waals surface area (Å²) in [5.41, 5.74) is -0.409. The highest BCUT2D eigenvalue weighted by molar-refractivity contribution is 7.88. The summed E-state index contributed by atoms with van der Waals surface area (Å²) in [7, 11) is -3.27. The van der Waals surface area contributed by atoms with Crippen LogP contribution in [0.2, 0.25) is 0 Å². The summed E-state index contributed by atoms with van der Waals surface area (Å²) in [6.45, 7) is 4.65. The zero-order valence-corrected chi connectivity index (χ0v) is 17.8. The van der Waals surface area contributed by atoms with Crippen LogP contribution in [0.25, 0.3) is 0 Å². The minimum absolute atomic E-state index is 0.127. The largest absolute Gasteiger partial charge is 0.573 e. The molecule has 0 bridgehead atoms. The molecule has 1 aromatic carbocycles. The quantitative estimate of drug-likeness (QED) is 0.689. The number of benzene rings is 1. The molecular formula is C19H26F3N3O4S. The summed E-state index contributed by atoms with van der Waals surface area (Å²) in [6, 6.07) is 5.33. The van der Waals surface area contributed by atoms with Crippen molar-refractivity contribution in [1.82, 2.24) is 14.1 Å². The van der Waals surface area contributed by atoms with Gasteiger partial charge in [-0.1, -0.05) is 19.1 Å². The Hall–Kier alpha value is -1.85. The van der Waals surface area contributed by atoms with E-state index in [4.69, 9.17) is 0 Å². The van der Waals surface area contributed by atoms with Crippen molar-refractivity contribution in [2.45, 2.75) is 31.7 Å². The third-order valence-electron chi connectivity index (χ3n) is 6.01. The average molecular weight is 449 g/mol. The Morgan fingerprint density at radius 1 is 1.13 bits per heavy atom. The van der Waals surface area contributed by atoms with Crippen molar-refractivity contribution in [3.05, 3.63) is 29.8 Å². The maximum atomic E-state index is 12.8. The van der Waals surface area contributed by atoms with Crippen LogP contribution in [0.15, 0.2) is 24.3 Å². The fourth-order valence-electron chi connectivity index (χ4n) is 4.28. The Bertz CT molecular complexity index is 885. The molecule has 0 radical (unpaired) electrons. The number of rotatable bonds is 5. The monoisotopic (exact) mass is 449 g/mol. The van der Waals surface area contributed by atoms with Gasteiger partial charge in [-0.25, -0.2) is 12.7 Å². The Kier molecular flexibility index (Phi) is 6.35. The number of carbonyl (C=O) groups is 1. The second-order valence-electron chi connectivity index (χ2n) is 7.75. The molecule has 2 saturated heterocycles. The zero-order valence-electron chi connectivity index (χ0n) is 17.0. The predicted octanol–water partition coefficient (Wildman–Crippen LogP) is 2.16. The van der Waals surface area contributed by atoms with Crippen LogP contribution in [0.3, 0.4) is 0 Å². The third-order valence-corrected chi connectivity index (χ3v) is 7.25. The van der Waals surface area contributed by atoms with Crippen LogP contribution in [0, 0.1) is 0 Å². The number of sulfonamides is 1. The number of hydrogen-bond acceptors (Lipinski definition) is 5. The topological polar surface area (TPSA) is 70.2 Å². The molecule has 0 aromatic heterocycles. The van der Waals surface area contributed by atoms with Gasteiger partial charge in [-0.2, -0.15) is 0 Å². The smallest absolute Gasteiger partial charge is 0.405 e. The van der Waals surface area contributed by atoms with Gasteiger partial charge < -0.3 is 9.64 Å².